The maximum Gasteiger partial charge on any atom is 0.191 e. The summed E-state index contributed by atoms with van der Waals surface area (Å²) >= 11 is 0. The number of rotatable bonds is 6. The van der Waals surface area contributed by atoms with E-state index in [1.54, 1.807) is 0 Å². The van der Waals surface area contributed by atoms with Gasteiger partial charge in [-0.2, -0.15) is 0 Å². The van der Waals surface area contributed by atoms with E-state index in [-0.39, 0.29) is 24.0 Å². The van der Waals surface area contributed by atoms with Crippen LogP contribution in [0.15, 0.2) is 41.5 Å². The number of hydrogen-bond donors (Lipinski definition) is 2. The van der Waals surface area contributed by atoms with Gasteiger partial charge < -0.3 is 10.6 Å². The molecule has 0 spiro atoms. The Labute approximate surface area is 149 Å². The number of benzene rings is 1. The Morgan fingerprint density at radius 1 is 1.14 bits per heavy atom. The number of aromatic nitrogens is 1. The first-order valence-electron chi connectivity index (χ1n) is 7.70. The lowest BCUT2D eigenvalue weighted by Crippen LogP contribution is -2.38. The Morgan fingerprint density at radius 3 is 2.73 bits per heavy atom. The van der Waals surface area contributed by atoms with Crippen LogP contribution in [-0.2, 0) is 6.42 Å². The monoisotopic (exact) mass is 412 g/mol. The normalized spacial score (nSPS) is 11.1. The molecule has 1 aromatic heterocycles. The molecule has 4 nitrogen and oxygen atoms in total. The molecule has 0 bridgehead atoms. The number of para-hydroxylation sites is 1. The van der Waals surface area contributed by atoms with E-state index in [1.165, 1.54) is 10.9 Å². The quantitative estimate of drug-likeness (QED) is 0.435. The molecule has 0 aliphatic heterocycles. The Hall–Kier alpha value is -1.37. The molecule has 0 saturated heterocycles. The number of nitrogens with one attached hydrogen (secondary N) is 2. The summed E-state index contributed by atoms with van der Waals surface area (Å²) in [7, 11) is 0. The summed E-state index contributed by atoms with van der Waals surface area (Å²) in [5.74, 6) is 0.896. The standard InChI is InChI=1S/C17H24N4.HI/c1-3-11-20-17(18-4-2)21-13-10-15-8-5-7-14-9-6-12-19-16(14)15;/h5-9,12H,3-4,10-11,13H2,1-2H3,(H2,18,20,21);1H. The third kappa shape index (κ3) is 5.44. The van der Waals surface area contributed by atoms with Crippen molar-refractivity contribution in [2.24, 2.45) is 4.99 Å². The van der Waals surface area contributed by atoms with Gasteiger partial charge >= 0.3 is 0 Å². The molecule has 22 heavy (non-hydrogen) atoms. The van der Waals surface area contributed by atoms with Crippen LogP contribution in [0.4, 0.5) is 0 Å². The minimum Gasteiger partial charge on any atom is -0.357 e. The number of guanidine groups is 1. The zero-order chi connectivity index (χ0) is 14.9. The first kappa shape index (κ1) is 18.7. The van der Waals surface area contributed by atoms with Crippen molar-refractivity contribution in [1.29, 1.82) is 0 Å². The minimum absolute atomic E-state index is 0. The Bertz CT molecular complexity index is 593. The highest BCUT2D eigenvalue weighted by Crippen LogP contribution is 2.15. The van der Waals surface area contributed by atoms with E-state index in [2.05, 4.69) is 58.7 Å². The van der Waals surface area contributed by atoms with E-state index in [4.69, 9.17) is 0 Å². The molecule has 2 N–H and O–H groups in total. The molecule has 0 aliphatic rings. The SMILES string of the molecule is CCCN=C(NCC)NCCc1cccc2cccnc12.I. The summed E-state index contributed by atoms with van der Waals surface area (Å²) in [5.41, 5.74) is 2.37. The second-order valence-corrected chi connectivity index (χ2v) is 4.93. The van der Waals surface area contributed by atoms with Gasteiger partial charge in [0.2, 0.25) is 0 Å². The van der Waals surface area contributed by atoms with E-state index in [0.29, 0.717) is 0 Å². The highest BCUT2D eigenvalue weighted by molar-refractivity contribution is 14.0. The highest BCUT2D eigenvalue weighted by Gasteiger charge is 2.02. The predicted octanol–water partition coefficient (Wildman–Crippen LogP) is 3.36. The van der Waals surface area contributed by atoms with Crippen molar-refractivity contribution in [3.8, 4) is 0 Å². The van der Waals surface area contributed by atoms with Crippen molar-refractivity contribution in [1.82, 2.24) is 15.6 Å². The van der Waals surface area contributed by atoms with E-state index in [9.17, 15) is 0 Å². The van der Waals surface area contributed by atoms with Crippen LogP contribution in [0.3, 0.4) is 0 Å². The number of pyridine rings is 1. The Balaban J connectivity index is 0.00000242. The van der Waals surface area contributed by atoms with Crippen LogP contribution in [0, 0.1) is 0 Å². The third-order valence-electron chi connectivity index (χ3n) is 3.24. The Morgan fingerprint density at radius 2 is 1.95 bits per heavy atom. The van der Waals surface area contributed by atoms with Gasteiger partial charge in [0.25, 0.3) is 0 Å². The van der Waals surface area contributed by atoms with Gasteiger partial charge in [-0.25, -0.2) is 0 Å². The van der Waals surface area contributed by atoms with E-state index >= 15 is 0 Å². The lowest BCUT2D eigenvalue weighted by molar-refractivity contribution is 0.795. The fourth-order valence-corrected chi connectivity index (χ4v) is 2.25. The van der Waals surface area contributed by atoms with Crippen molar-refractivity contribution < 1.29 is 0 Å². The van der Waals surface area contributed by atoms with Crippen LogP contribution in [0.25, 0.3) is 10.9 Å². The topological polar surface area (TPSA) is 49.3 Å². The highest BCUT2D eigenvalue weighted by atomic mass is 127. The molecule has 5 heteroatoms. The molecule has 0 aliphatic carbocycles. The first-order chi connectivity index (χ1) is 10.3. The van der Waals surface area contributed by atoms with Gasteiger partial charge in [0, 0.05) is 31.2 Å². The number of hydrogen-bond acceptors (Lipinski definition) is 2. The maximum atomic E-state index is 4.50. The van der Waals surface area contributed by atoms with Crippen LogP contribution in [-0.4, -0.2) is 30.6 Å². The molecule has 1 heterocycles. The number of nitrogens with zero attached hydrogens (tertiary/aromatic N) is 2. The van der Waals surface area contributed by atoms with Gasteiger partial charge in [-0.05, 0) is 31.4 Å². The molecule has 0 radical (unpaired) electrons. The van der Waals surface area contributed by atoms with Crippen LogP contribution >= 0.6 is 24.0 Å². The molecule has 2 rings (SSSR count). The summed E-state index contributed by atoms with van der Waals surface area (Å²) in [6, 6.07) is 10.4. The molecular weight excluding hydrogens is 387 g/mol. The van der Waals surface area contributed by atoms with Crippen molar-refractivity contribution >= 4 is 40.8 Å². The van der Waals surface area contributed by atoms with Crippen LogP contribution in [0.2, 0.25) is 0 Å². The summed E-state index contributed by atoms with van der Waals surface area (Å²) in [6.07, 6.45) is 3.85. The second kappa shape index (κ2) is 10.4. The number of fused-ring (bicyclic) bond motifs is 1. The summed E-state index contributed by atoms with van der Waals surface area (Å²) in [6.45, 7) is 6.80. The van der Waals surface area contributed by atoms with Crippen LogP contribution in [0.1, 0.15) is 25.8 Å². The fraction of sp³-hybridized carbons (Fsp3) is 0.412. The second-order valence-electron chi connectivity index (χ2n) is 4.93. The van der Waals surface area contributed by atoms with E-state index in [1.807, 2.05) is 12.3 Å². The molecular formula is C17H25IN4. The van der Waals surface area contributed by atoms with Crippen molar-refractivity contribution in [3.63, 3.8) is 0 Å². The lowest BCUT2D eigenvalue weighted by atomic mass is 10.1. The first-order valence-corrected chi connectivity index (χ1v) is 7.70. The zero-order valence-corrected chi connectivity index (χ0v) is 15.6. The predicted molar refractivity (Wildman–Crippen MR) is 105 cm³/mol. The van der Waals surface area contributed by atoms with Gasteiger partial charge in [0.05, 0.1) is 5.52 Å². The molecule has 0 fully saturated rings. The Kier molecular flexibility index (Phi) is 8.81. The molecule has 0 unspecified atom stereocenters. The van der Waals surface area contributed by atoms with Crippen molar-refractivity contribution in [2.75, 3.05) is 19.6 Å². The average Bonchev–Trinajstić information content (AvgIpc) is 2.53. The third-order valence-corrected chi connectivity index (χ3v) is 3.24. The summed E-state index contributed by atoms with van der Waals surface area (Å²) in [4.78, 5) is 9.00. The zero-order valence-electron chi connectivity index (χ0n) is 13.3. The van der Waals surface area contributed by atoms with Gasteiger partial charge in [0.1, 0.15) is 0 Å². The molecule has 2 aromatic rings. The number of halogens is 1. The molecule has 120 valence electrons. The molecule has 0 amide bonds. The molecule has 1 aromatic carbocycles. The molecule has 0 saturated carbocycles. The largest absolute Gasteiger partial charge is 0.357 e. The van der Waals surface area contributed by atoms with Crippen molar-refractivity contribution in [3.05, 3.63) is 42.1 Å². The van der Waals surface area contributed by atoms with Gasteiger partial charge in [-0.15, -0.1) is 24.0 Å². The number of aliphatic imine (C=N–C) groups is 1. The minimum atomic E-state index is 0. The van der Waals surface area contributed by atoms with E-state index < -0.39 is 0 Å². The summed E-state index contributed by atoms with van der Waals surface area (Å²) < 4.78 is 0. The fourth-order valence-electron chi connectivity index (χ4n) is 2.25. The molecule has 0 atom stereocenters. The lowest BCUT2D eigenvalue weighted by Gasteiger charge is -2.11. The van der Waals surface area contributed by atoms with Gasteiger partial charge in [-0.1, -0.05) is 31.2 Å². The van der Waals surface area contributed by atoms with Crippen LogP contribution in [0.5, 0.6) is 0 Å². The van der Waals surface area contributed by atoms with Crippen LogP contribution < -0.4 is 10.6 Å². The van der Waals surface area contributed by atoms with Gasteiger partial charge in [0.15, 0.2) is 5.96 Å². The summed E-state index contributed by atoms with van der Waals surface area (Å²) in [5, 5.41) is 7.84. The average molecular weight is 412 g/mol. The smallest absolute Gasteiger partial charge is 0.191 e. The van der Waals surface area contributed by atoms with E-state index in [0.717, 1.165) is 44.0 Å². The maximum absolute atomic E-state index is 4.50. The van der Waals surface area contributed by atoms with Gasteiger partial charge in [-0.3, -0.25) is 9.98 Å². The van der Waals surface area contributed by atoms with Crippen molar-refractivity contribution in [2.45, 2.75) is 26.7 Å².